The number of rotatable bonds is 4. The molecule has 1 atom stereocenters. The van der Waals surface area contributed by atoms with Crippen molar-refractivity contribution in [1.29, 1.82) is 0 Å². The summed E-state index contributed by atoms with van der Waals surface area (Å²) in [4.78, 5) is 12.3. The molecule has 0 spiro atoms. The number of carbonyl (C=O) groups is 1. The van der Waals surface area contributed by atoms with Gasteiger partial charge in [-0.1, -0.05) is 12.1 Å². The molecule has 6 nitrogen and oxygen atoms in total. The average molecular weight is 353 g/mol. The molecule has 2 heterocycles. The summed E-state index contributed by atoms with van der Waals surface area (Å²) in [6.07, 6.45) is 1.38. The van der Waals surface area contributed by atoms with Crippen LogP contribution in [0.1, 0.15) is 10.5 Å². The first-order valence-electron chi connectivity index (χ1n) is 8.17. The lowest BCUT2D eigenvalue weighted by Crippen LogP contribution is -2.40. The normalized spacial score (nSPS) is 15.5. The topological polar surface area (TPSA) is 65.4 Å². The molecule has 1 aliphatic rings. The first kappa shape index (κ1) is 16.1. The van der Waals surface area contributed by atoms with E-state index in [4.69, 9.17) is 9.47 Å². The predicted molar refractivity (Wildman–Crippen MR) is 92.2 cm³/mol. The van der Waals surface area contributed by atoms with Crippen molar-refractivity contribution in [3.63, 3.8) is 0 Å². The van der Waals surface area contributed by atoms with E-state index in [1.54, 1.807) is 24.4 Å². The second-order valence-electron chi connectivity index (χ2n) is 5.83. The lowest BCUT2D eigenvalue weighted by molar-refractivity contribution is 0.0786. The van der Waals surface area contributed by atoms with E-state index in [1.165, 1.54) is 16.8 Å². The molecule has 4 rings (SSSR count). The molecule has 0 aliphatic carbocycles. The van der Waals surface area contributed by atoms with Crippen LogP contribution in [0, 0.1) is 5.82 Å². The fourth-order valence-corrected chi connectivity index (χ4v) is 2.64. The van der Waals surface area contributed by atoms with Crippen LogP contribution in [0.3, 0.4) is 0 Å². The van der Waals surface area contributed by atoms with Gasteiger partial charge in [-0.15, -0.1) is 0 Å². The van der Waals surface area contributed by atoms with Crippen LogP contribution in [-0.2, 0) is 0 Å². The van der Waals surface area contributed by atoms with Gasteiger partial charge in [-0.05, 0) is 42.5 Å². The lowest BCUT2D eigenvalue weighted by atomic mass is 10.2. The van der Waals surface area contributed by atoms with E-state index in [0.717, 1.165) is 0 Å². The van der Waals surface area contributed by atoms with Gasteiger partial charge in [-0.25, -0.2) is 9.07 Å². The first-order chi connectivity index (χ1) is 12.7. The summed E-state index contributed by atoms with van der Waals surface area (Å²) in [5.41, 5.74) is 0.942. The third kappa shape index (κ3) is 3.37. The van der Waals surface area contributed by atoms with E-state index in [-0.39, 0.29) is 23.5 Å². The van der Waals surface area contributed by atoms with Crippen LogP contribution in [0.25, 0.3) is 5.69 Å². The number of nitrogens with zero attached hydrogens (tertiary/aromatic N) is 2. The maximum atomic E-state index is 13.0. The first-order valence-corrected chi connectivity index (χ1v) is 8.17. The van der Waals surface area contributed by atoms with Gasteiger partial charge in [-0.2, -0.15) is 5.10 Å². The summed E-state index contributed by atoms with van der Waals surface area (Å²) in [6.45, 7) is 0.665. The van der Waals surface area contributed by atoms with Gasteiger partial charge < -0.3 is 14.8 Å². The fourth-order valence-electron chi connectivity index (χ4n) is 2.64. The van der Waals surface area contributed by atoms with E-state index in [2.05, 4.69) is 10.4 Å². The highest BCUT2D eigenvalue weighted by Crippen LogP contribution is 2.30. The van der Waals surface area contributed by atoms with E-state index in [9.17, 15) is 9.18 Å². The standard InChI is InChI=1S/C19H16FN3O3/c20-13-5-7-14(8-6-13)23-10-9-16(22-23)19(24)21-11-15-12-25-17-3-1-2-4-18(17)26-15/h1-10,15H,11-12H2,(H,21,24). The van der Waals surface area contributed by atoms with Crippen molar-refractivity contribution in [2.24, 2.45) is 0 Å². The molecule has 132 valence electrons. The van der Waals surface area contributed by atoms with Crippen molar-refractivity contribution >= 4 is 5.91 Å². The van der Waals surface area contributed by atoms with Gasteiger partial charge >= 0.3 is 0 Å². The van der Waals surface area contributed by atoms with Crippen molar-refractivity contribution < 1.29 is 18.7 Å². The van der Waals surface area contributed by atoms with Crippen molar-refractivity contribution in [2.75, 3.05) is 13.2 Å². The van der Waals surface area contributed by atoms with Crippen LogP contribution >= 0.6 is 0 Å². The Morgan fingerprint density at radius 1 is 1.15 bits per heavy atom. The van der Waals surface area contributed by atoms with Crippen LogP contribution in [-0.4, -0.2) is 34.9 Å². The maximum Gasteiger partial charge on any atom is 0.271 e. The second-order valence-corrected chi connectivity index (χ2v) is 5.83. The van der Waals surface area contributed by atoms with E-state index >= 15 is 0 Å². The number of benzene rings is 2. The van der Waals surface area contributed by atoms with Gasteiger partial charge in [-0.3, -0.25) is 4.79 Å². The summed E-state index contributed by atoms with van der Waals surface area (Å²) >= 11 is 0. The van der Waals surface area contributed by atoms with Crippen LogP contribution < -0.4 is 14.8 Å². The number of aromatic nitrogens is 2. The summed E-state index contributed by atoms with van der Waals surface area (Å²) in [5.74, 6) is 0.732. The Balaban J connectivity index is 1.36. The molecule has 26 heavy (non-hydrogen) atoms. The molecule has 0 fully saturated rings. The highest BCUT2D eigenvalue weighted by Gasteiger charge is 2.21. The number of carbonyl (C=O) groups excluding carboxylic acids is 1. The van der Waals surface area contributed by atoms with Gasteiger partial charge in [0.2, 0.25) is 0 Å². The zero-order valence-electron chi connectivity index (χ0n) is 13.8. The van der Waals surface area contributed by atoms with Crippen LogP contribution in [0.15, 0.2) is 60.8 Å². The number of hydrogen-bond donors (Lipinski definition) is 1. The van der Waals surface area contributed by atoms with Gasteiger partial charge in [0.25, 0.3) is 5.91 Å². The smallest absolute Gasteiger partial charge is 0.271 e. The van der Waals surface area contributed by atoms with Gasteiger partial charge in [0.05, 0.1) is 12.2 Å². The molecule has 1 N–H and O–H groups in total. The highest BCUT2D eigenvalue weighted by molar-refractivity contribution is 5.92. The monoisotopic (exact) mass is 353 g/mol. The van der Waals surface area contributed by atoms with Gasteiger partial charge in [0.15, 0.2) is 17.2 Å². The second kappa shape index (κ2) is 6.87. The molecule has 0 bridgehead atoms. The van der Waals surface area contributed by atoms with Crippen molar-refractivity contribution in [3.8, 4) is 17.2 Å². The zero-order valence-corrected chi connectivity index (χ0v) is 13.8. The largest absolute Gasteiger partial charge is 0.486 e. The molecular formula is C19H16FN3O3. The van der Waals surface area contributed by atoms with Gasteiger partial charge in [0.1, 0.15) is 18.5 Å². The molecular weight excluding hydrogens is 337 g/mol. The third-order valence-electron chi connectivity index (χ3n) is 3.97. The quantitative estimate of drug-likeness (QED) is 0.783. The summed E-state index contributed by atoms with van der Waals surface area (Å²) < 4.78 is 25.9. The zero-order chi connectivity index (χ0) is 17.9. The Morgan fingerprint density at radius 3 is 2.73 bits per heavy atom. The number of nitrogens with one attached hydrogen (secondary N) is 1. The number of para-hydroxylation sites is 2. The van der Waals surface area contributed by atoms with Crippen LogP contribution in [0.4, 0.5) is 4.39 Å². The van der Waals surface area contributed by atoms with Crippen molar-refractivity contribution in [2.45, 2.75) is 6.10 Å². The Labute approximate surface area is 149 Å². The molecule has 0 saturated heterocycles. The number of halogens is 1. The van der Waals surface area contributed by atoms with Crippen molar-refractivity contribution in [3.05, 3.63) is 72.3 Å². The van der Waals surface area contributed by atoms with E-state index in [0.29, 0.717) is 30.3 Å². The molecule has 3 aromatic rings. The fraction of sp³-hybridized carbons (Fsp3) is 0.158. The average Bonchev–Trinajstić information content (AvgIpc) is 3.17. The Bertz CT molecular complexity index is 924. The molecule has 0 saturated carbocycles. The SMILES string of the molecule is O=C(NCC1COc2ccccc2O1)c1ccn(-c2ccc(F)cc2)n1. The number of hydrogen-bond acceptors (Lipinski definition) is 4. The molecule has 1 aromatic heterocycles. The molecule has 2 aromatic carbocycles. The van der Waals surface area contributed by atoms with Crippen LogP contribution in [0.5, 0.6) is 11.5 Å². The third-order valence-corrected chi connectivity index (χ3v) is 3.97. The van der Waals surface area contributed by atoms with Crippen molar-refractivity contribution in [1.82, 2.24) is 15.1 Å². The summed E-state index contributed by atoms with van der Waals surface area (Å²) in [6, 6.07) is 14.9. The minimum absolute atomic E-state index is 0.270. The lowest BCUT2D eigenvalue weighted by Gasteiger charge is -2.26. The van der Waals surface area contributed by atoms with Crippen LogP contribution in [0.2, 0.25) is 0 Å². The number of ether oxygens (including phenoxy) is 2. The van der Waals surface area contributed by atoms with Gasteiger partial charge in [0, 0.05) is 6.20 Å². The Morgan fingerprint density at radius 2 is 1.92 bits per heavy atom. The Hall–Kier alpha value is -3.35. The van der Waals surface area contributed by atoms with E-state index < -0.39 is 0 Å². The summed E-state index contributed by atoms with van der Waals surface area (Å²) in [7, 11) is 0. The summed E-state index contributed by atoms with van der Waals surface area (Å²) in [5, 5.41) is 7.01. The predicted octanol–water partition coefficient (Wildman–Crippen LogP) is 2.58. The minimum Gasteiger partial charge on any atom is -0.486 e. The molecule has 7 heteroatoms. The molecule has 1 amide bonds. The number of fused-ring (bicyclic) bond motifs is 1. The maximum absolute atomic E-state index is 13.0. The molecule has 1 unspecified atom stereocenters. The molecule has 1 aliphatic heterocycles. The van der Waals surface area contributed by atoms with E-state index in [1.807, 2.05) is 24.3 Å². The molecule has 0 radical (unpaired) electrons. The minimum atomic E-state index is -0.324. The Kier molecular flexibility index (Phi) is 4.27. The highest BCUT2D eigenvalue weighted by atomic mass is 19.1. The number of amides is 1.